The van der Waals surface area contributed by atoms with Crippen LogP contribution in [0, 0.1) is 18.3 Å². The first-order valence-electron chi connectivity index (χ1n) is 10.4. The van der Waals surface area contributed by atoms with Crippen molar-refractivity contribution in [2.24, 2.45) is 0 Å². The van der Waals surface area contributed by atoms with E-state index >= 15 is 0 Å². The third kappa shape index (κ3) is 4.21. The summed E-state index contributed by atoms with van der Waals surface area (Å²) >= 11 is 0. The van der Waals surface area contributed by atoms with Gasteiger partial charge in [0.05, 0.1) is 11.3 Å². The predicted molar refractivity (Wildman–Crippen MR) is 128 cm³/mol. The Labute approximate surface area is 191 Å². The summed E-state index contributed by atoms with van der Waals surface area (Å²) in [6.07, 6.45) is -0.992. The Kier molecular flexibility index (Phi) is 5.48. The number of nitrogens with one attached hydrogen (secondary N) is 1. The molecule has 0 aliphatic heterocycles. The van der Waals surface area contributed by atoms with E-state index in [-0.39, 0.29) is 0 Å². The van der Waals surface area contributed by atoms with Gasteiger partial charge in [-0.05, 0) is 69.7 Å². The molecule has 1 amide bonds. The number of fused-ring (bicyclic) bond motifs is 1. The molecule has 0 unspecified atom stereocenters. The Bertz CT molecular complexity index is 1380. The van der Waals surface area contributed by atoms with Gasteiger partial charge in [-0.2, -0.15) is 10.2 Å². The molecule has 0 atom stereocenters. The van der Waals surface area contributed by atoms with Crippen molar-refractivity contribution in [3.63, 3.8) is 0 Å². The van der Waals surface area contributed by atoms with Gasteiger partial charge in [0.25, 0.3) is 0 Å². The van der Waals surface area contributed by atoms with Gasteiger partial charge >= 0.3 is 6.09 Å². The second-order valence-electron chi connectivity index (χ2n) is 8.66. The molecule has 2 aromatic heterocycles. The van der Waals surface area contributed by atoms with E-state index in [0.29, 0.717) is 28.5 Å². The molecule has 0 aliphatic carbocycles. The molecule has 0 saturated heterocycles. The normalized spacial score (nSPS) is 11.2. The van der Waals surface area contributed by atoms with Crippen LogP contribution >= 0.6 is 0 Å². The summed E-state index contributed by atoms with van der Waals surface area (Å²) < 4.78 is 1.75. The lowest BCUT2D eigenvalue weighted by Crippen LogP contribution is -2.45. The molecule has 0 aliphatic rings. The Morgan fingerprint density at radius 2 is 1.79 bits per heavy atom. The van der Waals surface area contributed by atoms with E-state index < -0.39 is 11.6 Å². The molecule has 0 spiro atoms. The smallest absolute Gasteiger partial charge is 0.412 e. The number of rotatable bonds is 4. The van der Waals surface area contributed by atoms with Crippen molar-refractivity contribution >= 4 is 29.1 Å². The fraction of sp³-hybridized carbons (Fsp3) is 0.200. The zero-order valence-corrected chi connectivity index (χ0v) is 18.9. The third-order valence-corrected chi connectivity index (χ3v) is 5.33. The van der Waals surface area contributed by atoms with E-state index in [1.807, 2.05) is 76.2 Å². The van der Waals surface area contributed by atoms with Crippen LogP contribution in [-0.4, -0.2) is 31.3 Å². The van der Waals surface area contributed by atoms with Crippen LogP contribution in [0.2, 0.25) is 0 Å². The number of nitrogens with zero attached hydrogens (tertiary/aromatic N) is 5. The van der Waals surface area contributed by atoms with Crippen molar-refractivity contribution in [2.45, 2.75) is 33.2 Å². The van der Waals surface area contributed by atoms with Crippen LogP contribution in [0.4, 0.5) is 22.1 Å². The number of carbonyl (C=O) groups is 1. The van der Waals surface area contributed by atoms with Gasteiger partial charge in [-0.15, -0.1) is 5.10 Å². The Morgan fingerprint density at radius 1 is 1.09 bits per heavy atom. The fourth-order valence-electron chi connectivity index (χ4n) is 3.81. The van der Waals surface area contributed by atoms with Gasteiger partial charge in [0, 0.05) is 22.5 Å². The molecule has 4 rings (SSSR count). The average molecular weight is 441 g/mol. The molecule has 2 heterocycles. The summed E-state index contributed by atoms with van der Waals surface area (Å²) in [5.41, 5.74) is 4.68. The molecule has 4 aromatic rings. The molecular weight excluding hydrogens is 416 g/mol. The molecule has 2 N–H and O–H groups in total. The van der Waals surface area contributed by atoms with Crippen molar-refractivity contribution < 1.29 is 9.90 Å². The zero-order chi connectivity index (χ0) is 23.8. The van der Waals surface area contributed by atoms with Crippen molar-refractivity contribution in [1.29, 1.82) is 5.26 Å². The summed E-state index contributed by atoms with van der Waals surface area (Å²) in [7, 11) is 0. The van der Waals surface area contributed by atoms with Gasteiger partial charge in [-0.3, -0.25) is 4.90 Å². The Balaban J connectivity index is 1.67. The fourth-order valence-corrected chi connectivity index (χ4v) is 3.81. The quantitative estimate of drug-likeness (QED) is 0.428. The molecule has 8 heteroatoms. The number of carboxylic acid groups (broad SMARTS) is 1. The molecular formula is C25H24N6O2. The maximum Gasteiger partial charge on any atom is 0.412 e. The number of aryl methyl sites for hydroxylation is 1. The number of hydrogen-bond acceptors (Lipinski definition) is 5. The number of aromatic nitrogens is 3. The summed E-state index contributed by atoms with van der Waals surface area (Å²) in [6.45, 7) is 7.53. The second-order valence-corrected chi connectivity index (χ2v) is 8.66. The standard InChI is InChI=1S/C25H24N6O2/c1-16-20(17-9-11-19(12-10-17)30(24(32)33)25(2,3)4)13-14-22-28-23(29-31(16)22)27-21-8-6-5-7-18(21)15-26/h5-14H,1-4H3,(H,27,29)(H,32,33). The summed E-state index contributed by atoms with van der Waals surface area (Å²) in [4.78, 5) is 17.6. The van der Waals surface area contributed by atoms with Gasteiger partial charge in [0.15, 0.2) is 5.65 Å². The molecule has 0 radical (unpaired) electrons. The number of pyridine rings is 1. The van der Waals surface area contributed by atoms with E-state index in [2.05, 4.69) is 21.5 Å². The maximum absolute atomic E-state index is 11.8. The minimum Gasteiger partial charge on any atom is -0.465 e. The van der Waals surface area contributed by atoms with Crippen molar-refractivity contribution in [3.05, 3.63) is 71.9 Å². The molecule has 0 bridgehead atoms. The highest BCUT2D eigenvalue weighted by Gasteiger charge is 2.27. The van der Waals surface area contributed by atoms with Crippen LogP contribution in [0.3, 0.4) is 0 Å². The van der Waals surface area contributed by atoms with Crippen molar-refractivity contribution in [1.82, 2.24) is 14.6 Å². The van der Waals surface area contributed by atoms with Gasteiger partial charge in [-0.1, -0.05) is 24.3 Å². The summed E-state index contributed by atoms with van der Waals surface area (Å²) in [6, 6.07) is 20.6. The SMILES string of the molecule is Cc1c(-c2ccc(N(C(=O)O)C(C)(C)C)cc2)ccc2nc(Nc3ccccc3C#N)nn12. The first kappa shape index (κ1) is 21.8. The molecule has 33 heavy (non-hydrogen) atoms. The number of nitriles is 1. The molecule has 0 fully saturated rings. The van der Waals surface area contributed by atoms with Crippen LogP contribution in [-0.2, 0) is 0 Å². The lowest BCUT2D eigenvalue weighted by molar-refractivity contribution is 0.195. The molecule has 2 aromatic carbocycles. The average Bonchev–Trinajstić information content (AvgIpc) is 3.17. The summed E-state index contributed by atoms with van der Waals surface area (Å²) in [5, 5.41) is 26.6. The van der Waals surface area contributed by atoms with Crippen LogP contribution < -0.4 is 10.2 Å². The van der Waals surface area contributed by atoms with E-state index in [4.69, 9.17) is 0 Å². The van der Waals surface area contributed by atoms with Gasteiger partial charge in [0.2, 0.25) is 5.95 Å². The third-order valence-electron chi connectivity index (χ3n) is 5.33. The van der Waals surface area contributed by atoms with E-state index in [1.165, 1.54) is 4.90 Å². The largest absolute Gasteiger partial charge is 0.465 e. The first-order chi connectivity index (χ1) is 15.7. The highest BCUT2D eigenvalue weighted by atomic mass is 16.4. The molecule has 8 nitrogen and oxygen atoms in total. The van der Waals surface area contributed by atoms with E-state index in [1.54, 1.807) is 16.6 Å². The maximum atomic E-state index is 11.8. The van der Waals surface area contributed by atoms with Crippen LogP contribution in [0.1, 0.15) is 32.0 Å². The number of para-hydroxylation sites is 1. The highest BCUT2D eigenvalue weighted by Crippen LogP contribution is 2.30. The highest BCUT2D eigenvalue weighted by molar-refractivity contribution is 5.88. The topological polar surface area (TPSA) is 107 Å². The predicted octanol–water partition coefficient (Wildman–Crippen LogP) is 5.60. The summed E-state index contributed by atoms with van der Waals surface area (Å²) in [5.74, 6) is 0.399. The molecule has 0 saturated carbocycles. The van der Waals surface area contributed by atoms with E-state index in [0.717, 1.165) is 16.8 Å². The van der Waals surface area contributed by atoms with Crippen LogP contribution in [0.5, 0.6) is 0 Å². The Morgan fingerprint density at radius 3 is 2.42 bits per heavy atom. The first-order valence-corrected chi connectivity index (χ1v) is 10.4. The number of hydrogen-bond donors (Lipinski definition) is 2. The van der Waals surface area contributed by atoms with Crippen molar-refractivity contribution in [3.8, 4) is 17.2 Å². The lowest BCUT2D eigenvalue weighted by Gasteiger charge is -2.33. The number of benzene rings is 2. The second kappa shape index (κ2) is 8.28. The van der Waals surface area contributed by atoms with E-state index in [9.17, 15) is 15.2 Å². The van der Waals surface area contributed by atoms with Crippen molar-refractivity contribution in [2.75, 3.05) is 10.2 Å². The number of amides is 1. The molecule has 166 valence electrons. The zero-order valence-electron chi connectivity index (χ0n) is 18.9. The lowest BCUT2D eigenvalue weighted by atomic mass is 10.0. The monoisotopic (exact) mass is 440 g/mol. The van der Waals surface area contributed by atoms with Crippen LogP contribution in [0.15, 0.2) is 60.7 Å². The van der Waals surface area contributed by atoms with Gasteiger partial charge in [0.1, 0.15) is 6.07 Å². The minimum atomic E-state index is -0.992. The van der Waals surface area contributed by atoms with Gasteiger partial charge < -0.3 is 10.4 Å². The van der Waals surface area contributed by atoms with Crippen LogP contribution in [0.25, 0.3) is 16.8 Å². The van der Waals surface area contributed by atoms with Gasteiger partial charge in [-0.25, -0.2) is 9.31 Å². The minimum absolute atomic E-state index is 0.399. The number of anilines is 3. The Hall–Kier alpha value is -4.38.